The van der Waals surface area contributed by atoms with E-state index in [0.717, 1.165) is 10.0 Å². The van der Waals surface area contributed by atoms with Gasteiger partial charge in [0.1, 0.15) is 5.75 Å². The summed E-state index contributed by atoms with van der Waals surface area (Å²) in [4.78, 5) is 12.7. The van der Waals surface area contributed by atoms with Crippen LogP contribution in [-0.2, 0) is 16.4 Å². The summed E-state index contributed by atoms with van der Waals surface area (Å²) in [5.41, 5.74) is 1.90. The summed E-state index contributed by atoms with van der Waals surface area (Å²) in [7, 11) is -2.14. The number of carbonyl (C=O) groups excluding carboxylic acids is 1. The molecule has 8 heteroatoms. The standard InChI is InChI=1S/C22H21BrN2O4S/c1-29-21-12-7-17(23)15-20(21)22(26)25-18-8-10-19(11-9-18)30(27,28)24-14-13-16-5-3-2-4-6-16/h2-12,15,24H,13-14H2,1H3,(H,25,26). The van der Waals surface area contributed by atoms with Crippen LogP contribution in [0.15, 0.2) is 82.2 Å². The van der Waals surface area contributed by atoms with Gasteiger partial charge in [0.2, 0.25) is 10.0 Å². The Balaban J connectivity index is 1.64. The average Bonchev–Trinajstić information content (AvgIpc) is 2.74. The van der Waals surface area contributed by atoms with Gasteiger partial charge < -0.3 is 10.1 Å². The number of ether oxygens (including phenoxy) is 1. The second kappa shape index (κ2) is 9.88. The topological polar surface area (TPSA) is 84.5 Å². The molecule has 3 aromatic rings. The van der Waals surface area contributed by atoms with Gasteiger partial charge in [0, 0.05) is 16.7 Å². The van der Waals surface area contributed by atoms with Crippen molar-refractivity contribution in [2.24, 2.45) is 0 Å². The van der Waals surface area contributed by atoms with Crippen LogP contribution >= 0.6 is 15.9 Å². The minimum absolute atomic E-state index is 0.133. The van der Waals surface area contributed by atoms with Crippen LogP contribution in [0.4, 0.5) is 5.69 Å². The van der Waals surface area contributed by atoms with Crippen LogP contribution in [0.2, 0.25) is 0 Å². The number of carbonyl (C=O) groups is 1. The van der Waals surface area contributed by atoms with E-state index < -0.39 is 10.0 Å². The fourth-order valence-electron chi connectivity index (χ4n) is 2.83. The Morgan fingerprint density at radius 3 is 2.37 bits per heavy atom. The van der Waals surface area contributed by atoms with E-state index in [0.29, 0.717) is 30.0 Å². The lowest BCUT2D eigenvalue weighted by atomic mass is 10.2. The molecule has 0 radical (unpaired) electrons. The van der Waals surface area contributed by atoms with Crippen molar-refractivity contribution < 1.29 is 17.9 Å². The number of hydrogen-bond donors (Lipinski definition) is 2. The third-order valence-corrected chi connectivity index (χ3v) is 6.35. The summed E-state index contributed by atoms with van der Waals surface area (Å²) in [6.45, 7) is 0.299. The number of anilines is 1. The third-order valence-electron chi connectivity index (χ3n) is 4.38. The van der Waals surface area contributed by atoms with Crippen LogP contribution in [0.1, 0.15) is 15.9 Å². The Hall–Kier alpha value is -2.68. The minimum Gasteiger partial charge on any atom is -0.496 e. The van der Waals surface area contributed by atoms with Crippen molar-refractivity contribution in [2.45, 2.75) is 11.3 Å². The molecule has 0 spiro atoms. The molecule has 1 amide bonds. The largest absolute Gasteiger partial charge is 0.496 e. The Morgan fingerprint density at radius 2 is 1.70 bits per heavy atom. The van der Waals surface area contributed by atoms with E-state index in [1.807, 2.05) is 30.3 Å². The maximum atomic E-state index is 12.6. The van der Waals surface area contributed by atoms with Gasteiger partial charge in [-0.2, -0.15) is 0 Å². The Bertz CT molecular complexity index is 1120. The van der Waals surface area contributed by atoms with Crippen LogP contribution < -0.4 is 14.8 Å². The zero-order valence-electron chi connectivity index (χ0n) is 16.3. The maximum absolute atomic E-state index is 12.6. The molecule has 0 aliphatic carbocycles. The average molecular weight is 489 g/mol. The van der Waals surface area contributed by atoms with E-state index in [1.54, 1.807) is 30.3 Å². The van der Waals surface area contributed by atoms with Crippen molar-refractivity contribution in [3.63, 3.8) is 0 Å². The number of methoxy groups -OCH3 is 1. The van der Waals surface area contributed by atoms with Crippen molar-refractivity contribution in [1.29, 1.82) is 0 Å². The molecule has 0 aliphatic rings. The maximum Gasteiger partial charge on any atom is 0.259 e. The fraction of sp³-hybridized carbons (Fsp3) is 0.136. The second-order valence-electron chi connectivity index (χ2n) is 6.46. The predicted octanol–water partition coefficient (Wildman–Crippen LogP) is 4.23. The van der Waals surface area contributed by atoms with E-state index in [-0.39, 0.29) is 10.8 Å². The minimum atomic E-state index is -3.63. The molecule has 0 bridgehead atoms. The van der Waals surface area contributed by atoms with Gasteiger partial charge in [-0.15, -0.1) is 0 Å². The van der Waals surface area contributed by atoms with Crippen molar-refractivity contribution in [3.8, 4) is 5.75 Å². The summed E-state index contributed by atoms with van der Waals surface area (Å²) in [6, 6.07) is 20.8. The summed E-state index contributed by atoms with van der Waals surface area (Å²) in [5.74, 6) is 0.0854. The first kappa shape index (κ1) is 22.0. The number of benzene rings is 3. The van der Waals surface area contributed by atoms with Crippen LogP contribution in [-0.4, -0.2) is 28.0 Å². The molecule has 0 fully saturated rings. The van der Waals surface area contributed by atoms with Gasteiger partial charge >= 0.3 is 0 Å². The molecular weight excluding hydrogens is 468 g/mol. The van der Waals surface area contributed by atoms with E-state index in [1.165, 1.54) is 19.2 Å². The molecule has 156 valence electrons. The molecule has 0 atom stereocenters. The molecule has 0 saturated heterocycles. The normalized spacial score (nSPS) is 11.1. The molecule has 3 rings (SSSR count). The summed E-state index contributed by atoms with van der Waals surface area (Å²) in [5, 5.41) is 2.75. The van der Waals surface area contributed by atoms with E-state index >= 15 is 0 Å². The highest BCUT2D eigenvalue weighted by Crippen LogP contribution is 2.24. The first-order valence-electron chi connectivity index (χ1n) is 9.17. The molecule has 2 N–H and O–H groups in total. The fourth-order valence-corrected chi connectivity index (χ4v) is 4.22. The number of hydrogen-bond acceptors (Lipinski definition) is 4. The first-order valence-corrected chi connectivity index (χ1v) is 11.5. The van der Waals surface area contributed by atoms with E-state index in [4.69, 9.17) is 4.74 Å². The van der Waals surface area contributed by atoms with Crippen LogP contribution in [0, 0.1) is 0 Å². The zero-order chi connectivity index (χ0) is 21.6. The number of sulfonamides is 1. The second-order valence-corrected chi connectivity index (χ2v) is 9.14. The lowest BCUT2D eigenvalue weighted by Gasteiger charge is -2.11. The molecule has 0 aliphatic heterocycles. The van der Waals surface area contributed by atoms with Crippen molar-refractivity contribution in [3.05, 3.63) is 88.4 Å². The number of nitrogens with one attached hydrogen (secondary N) is 2. The van der Waals surface area contributed by atoms with Crippen molar-refractivity contribution in [1.82, 2.24) is 4.72 Å². The lowest BCUT2D eigenvalue weighted by Crippen LogP contribution is -2.26. The zero-order valence-corrected chi connectivity index (χ0v) is 18.7. The van der Waals surface area contributed by atoms with Gasteiger partial charge in [0.05, 0.1) is 17.6 Å². The van der Waals surface area contributed by atoms with Gasteiger partial charge in [-0.1, -0.05) is 46.3 Å². The monoisotopic (exact) mass is 488 g/mol. The molecular formula is C22H21BrN2O4S. The third kappa shape index (κ3) is 5.69. The van der Waals surface area contributed by atoms with E-state index in [9.17, 15) is 13.2 Å². The molecule has 6 nitrogen and oxygen atoms in total. The van der Waals surface area contributed by atoms with Crippen LogP contribution in [0.5, 0.6) is 5.75 Å². The number of halogens is 1. The van der Waals surface area contributed by atoms with Crippen LogP contribution in [0.3, 0.4) is 0 Å². The number of rotatable bonds is 8. The van der Waals surface area contributed by atoms with E-state index in [2.05, 4.69) is 26.0 Å². The quantitative estimate of drug-likeness (QED) is 0.496. The van der Waals surface area contributed by atoms with Gasteiger partial charge in [0.15, 0.2) is 0 Å². The van der Waals surface area contributed by atoms with Gasteiger partial charge in [-0.05, 0) is 54.4 Å². The number of amides is 1. The molecule has 30 heavy (non-hydrogen) atoms. The molecule has 0 aromatic heterocycles. The van der Waals surface area contributed by atoms with Gasteiger partial charge in [-0.25, -0.2) is 13.1 Å². The van der Waals surface area contributed by atoms with Crippen LogP contribution in [0.25, 0.3) is 0 Å². The highest BCUT2D eigenvalue weighted by Gasteiger charge is 2.15. The molecule has 0 saturated carbocycles. The Kier molecular flexibility index (Phi) is 7.25. The first-order chi connectivity index (χ1) is 14.4. The van der Waals surface area contributed by atoms with Crippen molar-refractivity contribution >= 4 is 37.5 Å². The lowest BCUT2D eigenvalue weighted by molar-refractivity contribution is 0.102. The highest BCUT2D eigenvalue weighted by atomic mass is 79.9. The SMILES string of the molecule is COc1ccc(Br)cc1C(=O)Nc1ccc(S(=O)(=O)NCCc2ccccc2)cc1. The molecule has 0 unspecified atom stereocenters. The molecule has 3 aromatic carbocycles. The summed E-state index contributed by atoms with van der Waals surface area (Å²) < 4.78 is 33.5. The van der Waals surface area contributed by atoms with Gasteiger partial charge in [0.25, 0.3) is 5.91 Å². The predicted molar refractivity (Wildman–Crippen MR) is 120 cm³/mol. The van der Waals surface area contributed by atoms with Gasteiger partial charge in [-0.3, -0.25) is 4.79 Å². The smallest absolute Gasteiger partial charge is 0.259 e. The highest BCUT2D eigenvalue weighted by molar-refractivity contribution is 9.10. The Labute approximate surface area is 184 Å². The summed E-state index contributed by atoms with van der Waals surface area (Å²) in [6.07, 6.45) is 0.600. The summed E-state index contributed by atoms with van der Waals surface area (Å²) >= 11 is 3.34. The Morgan fingerprint density at radius 1 is 1.00 bits per heavy atom. The molecule has 0 heterocycles. The van der Waals surface area contributed by atoms with Crippen molar-refractivity contribution in [2.75, 3.05) is 19.0 Å².